The van der Waals surface area contributed by atoms with E-state index in [0.717, 1.165) is 25.7 Å². The minimum Gasteiger partial charge on any atom is -0.387 e. The Morgan fingerprint density at radius 2 is 2.00 bits per heavy atom. The van der Waals surface area contributed by atoms with E-state index in [9.17, 15) is 23.1 Å². The predicted octanol–water partition coefficient (Wildman–Crippen LogP) is 4.30. The molecule has 1 atom stereocenters. The van der Waals surface area contributed by atoms with Crippen LogP contribution in [0.2, 0.25) is 5.15 Å². The highest BCUT2D eigenvalue weighted by atomic mass is 35.5. The SMILES string of the molecule is CC(C)(O)C(F)CNC(=O)c1cnc(Cl)cc1NC1CCC(c2ccn(C(F)F)n2)CC1. The quantitative estimate of drug-likeness (QED) is 0.497. The first-order valence-electron chi connectivity index (χ1n) is 10.4. The second-order valence-corrected chi connectivity index (χ2v) is 8.96. The van der Waals surface area contributed by atoms with Crippen LogP contribution in [-0.2, 0) is 0 Å². The maximum Gasteiger partial charge on any atom is 0.333 e. The van der Waals surface area contributed by atoms with Gasteiger partial charge in [0.2, 0.25) is 0 Å². The monoisotopic (exact) mass is 473 g/mol. The molecule has 2 aromatic heterocycles. The number of amides is 1. The van der Waals surface area contributed by atoms with Crippen LogP contribution >= 0.6 is 11.6 Å². The molecule has 0 saturated heterocycles. The lowest BCUT2D eigenvalue weighted by atomic mass is 9.84. The van der Waals surface area contributed by atoms with Crippen LogP contribution in [-0.4, -0.2) is 50.1 Å². The highest BCUT2D eigenvalue weighted by Crippen LogP contribution is 2.34. The van der Waals surface area contributed by atoms with E-state index in [1.165, 1.54) is 32.3 Å². The van der Waals surface area contributed by atoms with Gasteiger partial charge in [-0.1, -0.05) is 11.6 Å². The first kappa shape index (κ1) is 24.3. The number of aliphatic hydroxyl groups is 1. The van der Waals surface area contributed by atoms with Crippen LogP contribution in [0.4, 0.5) is 18.9 Å². The molecule has 1 fully saturated rings. The summed E-state index contributed by atoms with van der Waals surface area (Å²) in [6, 6.07) is 3.20. The summed E-state index contributed by atoms with van der Waals surface area (Å²) < 4.78 is 40.1. The van der Waals surface area contributed by atoms with Crippen LogP contribution in [0.25, 0.3) is 0 Å². The van der Waals surface area contributed by atoms with Crippen molar-refractivity contribution in [2.75, 3.05) is 11.9 Å². The lowest BCUT2D eigenvalue weighted by molar-refractivity contribution is -0.00177. The van der Waals surface area contributed by atoms with Gasteiger partial charge in [-0.05, 0) is 51.7 Å². The molecule has 1 saturated carbocycles. The molecule has 32 heavy (non-hydrogen) atoms. The van der Waals surface area contributed by atoms with Gasteiger partial charge >= 0.3 is 6.55 Å². The number of pyridine rings is 1. The van der Waals surface area contributed by atoms with Crippen molar-refractivity contribution in [3.63, 3.8) is 0 Å². The summed E-state index contributed by atoms with van der Waals surface area (Å²) in [5, 5.41) is 19.6. The van der Waals surface area contributed by atoms with Gasteiger partial charge in [-0.2, -0.15) is 13.9 Å². The van der Waals surface area contributed by atoms with Gasteiger partial charge < -0.3 is 15.7 Å². The molecule has 0 spiro atoms. The smallest absolute Gasteiger partial charge is 0.333 e. The third-order valence-electron chi connectivity index (χ3n) is 5.66. The number of carbonyl (C=O) groups is 1. The van der Waals surface area contributed by atoms with Crippen LogP contribution in [0.15, 0.2) is 24.5 Å². The van der Waals surface area contributed by atoms with Crippen molar-refractivity contribution < 1.29 is 23.1 Å². The van der Waals surface area contributed by atoms with Crippen molar-refractivity contribution in [1.82, 2.24) is 20.1 Å². The predicted molar refractivity (Wildman–Crippen MR) is 115 cm³/mol. The first-order chi connectivity index (χ1) is 15.0. The van der Waals surface area contributed by atoms with E-state index in [0.29, 0.717) is 16.1 Å². The topological polar surface area (TPSA) is 92.1 Å². The van der Waals surface area contributed by atoms with Crippen LogP contribution in [0.3, 0.4) is 0 Å². The molecule has 3 N–H and O–H groups in total. The normalized spacial score (nSPS) is 20.2. The molecule has 7 nitrogen and oxygen atoms in total. The maximum atomic E-state index is 14.0. The summed E-state index contributed by atoms with van der Waals surface area (Å²) >= 11 is 6.01. The molecule has 1 aliphatic rings. The van der Waals surface area contributed by atoms with Crippen molar-refractivity contribution >= 4 is 23.2 Å². The molecule has 11 heteroatoms. The molecule has 0 bridgehead atoms. The van der Waals surface area contributed by atoms with Gasteiger partial charge in [0.05, 0.1) is 29.1 Å². The van der Waals surface area contributed by atoms with Crippen molar-refractivity contribution in [3.05, 3.63) is 40.9 Å². The Morgan fingerprint density at radius 1 is 1.31 bits per heavy atom. The highest BCUT2D eigenvalue weighted by Gasteiger charge is 2.28. The zero-order chi connectivity index (χ0) is 23.5. The molecular weight excluding hydrogens is 447 g/mol. The van der Waals surface area contributed by atoms with E-state index in [1.807, 2.05) is 0 Å². The fourth-order valence-electron chi connectivity index (χ4n) is 3.69. The van der Waals surface area contributed by atoms with Crippen LogP contribution in [0, 0.1) is 0 Å². The van der Waals surface area contributed by atoms with Gasteiger partial charge in [0.25, 0.3) is 5.91 Å². The largest absolute Gasteiger partial charge is 0.387 e. The maximum absolute atomic E-state index is 14.0. The van der Waals surface area contributed by atoms with Gasteiger partial charge in [-0.3, -0.25) is 4.79 Å². The summed E-state index contributed by atoms with van der Waals surface area (Å²) in [5.41, 5.74) is -0.221. The van der Waals surface area contributed by atoms with Gasteiger partial charge in [-0.15, -0.1) is 0 Å². The molecule has 1 unspecified atom stereocenters. The van der Waals surface area contributed by atoms with Crippen molar-refractivity contribution in [2.45, 2.75) is 69.8 Å². The average molecular weight is 474 g/mol. The van der Waals surface area contributed by atoms with Gasteiger partial charge in [0, 0.05) is 24.4 Å². The number of aromatic nitrogens is 3. The number of anilines is 1. The molecule has 0 radical (unpaired) electrons. The van der Waals surface area contributed by atoms with Gasteiger partial charge in [0.15, 0.2) is 0 Å². The lowest BCUT2D eigenvalue weighted by Gasteiger charge is -2.29. The number of carbonyl (C=O) groups excluding carboxylic acids is 1. The van der Waals surface area contributed by atoms with Crippen LogP contribution < -0.4 is 10.6 Å². The second-order valence-electron chi connectivity index (χ2n) is 8.57. The fraction of sp³-hybridized carbons (Fsp3) is 0.571. The van der Waals surface area contributed by atoms with Crippen molar-refractivity contribution in [1.29, 1.82) is 0 Å². The Morgan fingerprint density at radius 3 is 2.59 bits per heavy atom. The van der Waals surface area contributed by atoms with E-state index < -0.39 is 24.2 Å². The van der Waals surface area contributed by atoms with E-state index in [-0.39, 0.29) is 29.2 Å². The second kappa shape index (κ2) is 10.1. The van der Waals surface area contributed by atoms with Crippen LogP contribution in [0.1, 0.15) is 68.0 Å². The summed E-state index contributed by atoms with van der Waals surface area (Å²) in [4.78, 5) is 16.5. The lowest BCUT2D eigenvalue weighted by Crippen LogP contribution is -2.42. The van der Waals surface area contributed by atoms with Crippen molar-refractivity contribution in [2.24, 2.45) is 0 Å². The minimum absolute atomic E-state index is 0.0405. The molecule has 3 rings (SSSR count). The number of alkyl halides is 3. The standard InChI is InChI=1S/C21H27ClF3N5O2/c1-21(2,32)17(23)11-27-19(31)14-10-26-18(22)9-16(14)28-13-5-3-12(4-6-13)15-7-8-30(29-15)20(24)25/h7-10,12-13,17,20,32H,3-6,11H2,1-2H3,(H,26,28)(H,27,31). The Balaban J connectivity index is 1.61. The van der Waals surface area contributed by atoms with E-state index in [1.54, 1.807) is 6.07 Å². The van der Waals surface area contributed by atoms with Crippen LogP contribution in [0.5, 0.6) is 0 Å². The summed E-state index contributed by atoms with van der Waals surface area (Å²) in [6.07, 6.45) is 3.98. The third kappa shape index (κ3) is 6.13. The fourth-order valence-corrected chi connectivity index (χ4v) is 3.85. The van der Waals surface area contributed by atoms with Gasteiger partial charge in [-0.25, -0.2) is 14.1 Å². The number of nitrogens with zero attached hydrogens (tertiary/aromatic N) is 3. The van der Waals surface area contributed by atoms with E-state index in [4.69, 9.17) is 11.6 Å². The number of hydrogen-bond acceptors (Lipinski definition) is 5. The van der Waals surface area contributed by atoms with Crippen molar-refractivity contribution in [3.8, 4) is 0 Å². The molecule has 2 aromatic rings. The Hall–Kier alpha value is -2.33. The highest BCUT2D eigenvalue weighted by molar-refractivity contribution is 6.29. The summed E-state index contributed by atoms with van der Waals surface area (Å²) in [5.74, 6) is -0.435. The molecule has 176 valence electrons. The van der Waals surface area contributed by atoms with Gasteiger partial charge in [0.1, 0.15) is 11.3 Å². The third-order valence-corrected chi connectivity index (χ3v) is 5.86. The molecular formula is C21H27ClF3N5O2. The molecule has 0 aliphatic heterocycles. The summed E-state index contributed by atoms with van der Waals surface area (Å²) in [7, 11) is 0. The zero-order valence-electron chi connectivity index (χ0n) is 17.9. The summed E-state index contributed by atoms with van der Waals surface area (Å²) in [6.45, 7) is -0.344. The first-order valence-corrected chi connectivity index (χ1v) is 10.8. The number of nitrogens with one attached hydrogen (secondary N) is 2. The number of rotatable bonds is 8. The molecule has 1 amide bonds. The van der Waals surface area contributed by atoms with E-state index in [2.05, 4.69) is 20.7 Å². The average Bonchev–Trinajstić information content (AvgIpc) is 3.22. The Kier molecular flexibility index (Phi) is 7.66. The Labute approximate surface area is 189 Å². The zero-order valence-corrected chi connectivity index (χ0v) is 18.6. The molecule has 0 aromatic carbocycles. The number of halogens is 4. The molecule has 1 aliphatic carbocycles. The Bertz CT molecular complexity index is 926. The molecule has 2 heterocycles. The number of hydrogen-bond donors (Lipinski definition) is 3. The van der Waals surface area contributed by atoms with E-state index >= 15 is 0 Å². The minimum atomic E-state index is -2.65.